The number of nitrogens with one attached hydrogen (secondary N) is 2. The van der Waals surface area contributed by atoms with Crippen molar-refractivity contribution < 1.29 is 8.42 Å². The fraction of sp³-hybridized carbons (Fsp3) is 1.00. The zero-order valence-corrected chi connectivity index (χ0v) is 10.7. The van der Waals surface area contributed by atoms with Gasteiger partial charge in [-0.3, -0.25) is 0 Å². The molecule has 0 amide bonds. The molecule has 0 fully saturated rings. The molecule has 92 valence electrons. The molecule has 0 radical (unpaired) electrons. The Morgan fingerprint density at radius 3 is 2.07 bits per heavy atom. The molecule has 0 spiro atoms. The van der Waals surface area contributed by atoms with Crippen molar-refractivity contribution in [3.05, 3.63) is 0 Å². The van der Waals surface area contributed by atoms with Gasteiger partial charge in [0.05, 0.1) is 0 Å². The Hall–Kier alpha value is -0.170. The fourth-order valence-electron chi connectivity index (χ4n) is 1.03. The number of nitrogens with two attached hydrogens (primary N) is 1. The first-order valence-electron chi connectivity index (χ1n) is 5.42. The van der Waals surface area contributed by atoms with E-state index in [1.165, 1.54) is 0 Å². The molecule has 0 rings (SSSR count). The first kappa shape index (κ1) is 14.8. The Labute approximate surface area is 93.0 Å². The van der Waals surface area contributed by atoms with Gasteiger partial charge in [0.15, 0.2) is 0 Å². The summed E-state index contributed by atoms with van der Waals surface area (Å²) in [5, 5.41) is 0. The third-order valence-electron chi connectivity index (χ3n) is 2.56. The molecule has 0 atom stereocenters. The molecule has 0 saturated carbocycles. The summed E-state index contributed by atoms with van der Waals surface area (Å²) < 4.78 is 27.7. The molecular formula is C9H23N3O2S. The van der Waals surface area contributed by atoms with Gasteiger partial charge >= 0.3 is 0 Å². The van der Waals surface area contributed by atoms with Crippen LogP contribution in [-0.4, -0.2) is 27.0 Å². The van der Waals surface area contributed by atoms with Gasteiger partial charge < -0.3 is 5.73 Å². The van der Waals surface area contributed by atoms with Crippen LogP contribution < -0.4 is 15.2 Å². The standard InChI is InChI=1S/C9H23N3O2S/c1-4-7-11-15(13,14)12-8-9(10,5-2)6-3/h11-12H,4-8,10H2,1-3H3. The van der Waals surface area contributed by atoms with E-state index in [-0.39, 0.29) is 6.54 Å². The number of rotatable bonds is 8. The summed E-state index contributed by atoms with van der Waals surface area (Å²) in [5.74, 6) is 0. The molecule has 15 heavy (non-hydrogen) atoms. The summed E-state index contributed by atoms with van der Waals surface area (Å²) in [5.41, 5.74) is 5.53. The quantitative estimate of drug-likeness (QED) is 0.569. The molecule has 0 aliphatic carbocycles. The van der Waals surface area contributed by atoms with Crippen LogP contribution in [0.1, 0.15) is 40.0 Å². The Morgan fingerprint density at radius 2 is 1.67 bits per heavy atom. The fourth-order valence-corrected chi connectivity index (χ4v) is 2.08. The van der Waals surface area contributed by atoms with E-state index in [0.29, 0.717) is 6.54 Å². The Kier molecular flexibility index (Phi) is 6.35. The molecule has 0 unspecified atom stereocenters. The van der Waals surface area contributed by atoms with Crippen molar-refractivity contribution in [1.29, 1.82) is 0 Å². The minimum absolute atomic E-state index is 0.277. The maximum atomic E-state index is 11.4. The van der Waals surface area contributed by atoms with Gasteiger partial charge in [-0.15, -0.1) is 0 Å². The highest BCUT2D eigenvalue weighted by Crippen LogP contribution is 2.09. The van der Waals surface area contributed by atoms with Gasteiger partial charge in [-0.25, -0.2) is 9.44 Å². The predicted molar refractivity (Wildman–Crippen MR) is 62.7 cm³/mol. The highest BCUT2D eigenvalue weighted by Gasteiger charge is 2.22. The maximum absolute atomic E-state index is 11.4. The Morgan fingerprint density at radius 1 is 1.13 bits per heavy atom. The van der Waals surface area contributed by atoms with Crippen LogP contribution in [0.5, 0.6) is 0 Å². The van der Waals surface area contributed by atoms with Gasteiger partial charge in [0.1, 0.15) is 0 Å². The van der Waals surface area contributed by atoms with Crippen molar-refractivity contribution in [2.45, 2.75) is 45.6 Å². The van der Waals surface area contributed by atoms with Crippen LogP contribution in [0.4, 0.5) is 0 Å². The average Bonchev–Trinajstić information content (AvgIpc) is 2.23. The van der Waals surface area contributed by atoms with Crippen LogP contribution >= 0.6 is 0 Å². The second-order valence-corrected chi connectivity index (χ2v) is 5.37. The first-order chi connectivity index (χ1) is 6.89. The largest absolute Gasteiger partial charge is 0.324 e. The van der Waals surface area contributed by atoms with E-state index in [1.54, 1.807) is 0 Å². The van der Waals surface area contributed by atoms with Crippen LogP contribution in [0.25, 0.3) is 0 Å². The molecule has 0 aliphatic rings. The molecule has 0 bridgehead atoms. The molecule has 0 saturated heterocycles. The van der Waals surface area contributed by atoms with Crippen molar-refractivity contribution in [2.75, 3.05) is 13.1 Å². The van der Waals surface area contributed by atoms with Crippen molar-refractivity contribution >= 4 is 10.2 Å². The summed E-state index contributed by atoms with van der Waals surface area (Å²) in [7, 11) is -3.38. The van der Waals surface area contributed by atoms with Crippen LogP contribution in [0.15, 0.2) is 0 Å². The molecular weight excluding hydrogens is 214 g/mol. The molecule has 4 N–H and O–H groups in total. The molecule has 5 nitrogen and oxygen atoms in total. The van der Waals surface area contributed by atoms with Gasteiger partial charge in [-0.1, -0.05) is 20.8 Å². The lowest BCUT2D eigenvalue weighted by Gasteiger charge is -2.26. The van der Waals surface area contributed by atoms with Crippen LogP contribution in [0.3, 0.4) is 0 Å². The Bertz CT molecular complexity index is 261. The van der Waals surface area contributed by atoms with Gasteiger partial charge in [-0.2, -0.15) is 8.42 Å². The number of hydrogen-bond acceptors (Lipinski definition) is 3. The summed E-state index contributed by atoms with van der Waals surface area (Å²) in [6, 6.07) is 0. The van der Waals surface area contributed by atoms with Gasteiger partial charge in [0.2, 0.25) is 0 Å². The molecule has 0 aromatic heterocycles. The summed E-state index contributed by atoms with van der Waals surface area (Å²) >= 11 is 0. The highest BCUT2D eigenvalue weighted by atomic mass is 32.2. The second-order valence-electron chi connectivity index (χ2n) is 3.79. The van der Waals surface area contributed by atoms with Crippen LogP contribution in [0.2, 0.25) is 0 Å². The number of hydrogen-bond donors (Lipinski definition) is 3. The van der Waals surface area contributed by atoms with E-state index in [4.69, 9.17) is 5.73 Å². The van der Waals surface area contributed by atoms with E-state index in [2.05, 4.69) is 9.44 Å². The summed E-state index contributed by atoms with van der Waals surface area (Å²) in [4.78, 5) is 0. The predicted octanol–water partition coefficient (Wildman–Crippen LogP) is 0.338. The van der Waals surface area contributed by atoms with Gasteiger partial charge in [0, 0.05) is 18.6 Å². The van der Waals surface area contributed by atoms with Crippen molar-refractivity contribution in [3.8, 4) is 0 Å². The SMILES string of the molecule is CCCNS(=O)(=O)NCC(N)(CC)CC. The lowest BCUT2D eigenvalue weighted by atomic mass is 9.95. The summed E-state index contributed by atoms with van der Waals surface area (Å²) in [6.45, 7) is 6.55. The van der Waals surface area contributed by atoms with E-state index >= 15 is 0 Å². The molecule has 0 heterocycles. The molecule has 0 aromatic carbocycles. The normalized spacial score (nSPS) is 13.1. The second kappa shape index (κ2) is 6.42. The minimum Gasteiger partial charge on any atom is -0.324 e. The highest BCUT2D eigenvalue weighted by molar-refractivity contribution is 7.87. The van der Waals surface area contributed by atoms with Gasteiger partial charge in [0.25, 0.3) is 10.2 Å². The monoisotopic (exact) mass is 237 g/mol. The third-order valence-corrected chi connectivity index (χ3v) is 3.67. The molecule has 0 aliphatic heterocycles. The topological polar surface area (TPSA) is 84.2 Å². The zero-order valence-electron chi connectivity index (χ0n) is 9.84. The van der Waals surface area contributed by atoms with E-state index in [1.807, 2.05) is 20.8 Å². The van der Waals surface area contributed by atoms with Crippen LogP contribution in [0, 0.1) is 0 Å². The first-order valence-corrected chi connectivity index (χ1v) is 6.90. The molecule has 0 aromatic rings. The zero-order chi connectivity index (χ0) is 11.9. The van der Waals surface area contributed by atoms with E-state index in [9.17, 15) is 8.42 Å². The minimum atomic E-state index is -3.38. The molecule has 6 heteroatoms. The smallest absolute Gasteiger partial charge is 0.276 e. The van der Waals surface area contributed by atoms with Crippen LogP contribution in [-0.2, 0) is 10.2 Å². The third kappa shape index (κ3) is 6.09. The summed E-state index contributed by atoms with van der Waals surface area (Å²) in [6.07, 6.45) is 2.27. The lowest BCUT2D eigenvalue weighted by Crippen LogP contribution is -2.51. The van der Waals surface area contributed by atoms with Crippen molar-refractivity contribution in [2.24, 2.45) is 5.73 Å². The van der Waals surface area contributed by atoms with Gasteiger partial charge in [-0.05, 0) is 19.3 Å². The lowest BCUT2D eigenvalue weighted by molar-refractivity contribution is 0.390. The maximum Gasteiger partial charge on any atom is 0.276 e. The van der Waals surface area contributed by atoms with Crippen molar-refractivity contribution in [1.82, 2.24) is 9.44 Å². The average molecular weight is 237 g/mol. The van der Waals surface area contributed by atoms with E-state index in [0.717, 1.165) is 19.3 Å². The Balaban J connectivity index is 4.13. The van der Waals surface area contributed by atoms with E-state index < -0.39 is 15.7 Å². The van der Waals surface area contributed by atoms with Crippen molar-refractivity contribution in [3.63, 3.8) is 0 Å².